The van der Waals surface area contributed by atoms with Crippen LogP contribution in [0.2, 0.25) is 0 Å². The number of para-hydroxylation sites is 1. The molecule has 3 aromatic carbocycles. The van der Waals surface area contributed by atoms with Crippen LogP contribution >= 0.6 is 0 Å². The smallest absolute Gasteiger partial charge is 0.236 e. The number of anilines is 8. The molecule has 0 spiro atoms. The van der Waals surface area contributed by atoms with Crippen molar-refractivity contribution in [2.24, 2.45) is 0 Å². The van der Waals surface area contributed by atoms with Gasteiger partial charge in [0, 0.05) is 69.5 Å². The molecule has 0 aliphatic carbocycles. The maximum Gasteiger partial charge on any atom is 0.236 e. The van der Waals surface area contributed by atoms with Crippen molar-refractivity contribution in [3.63, 3.8) is 0 Å². The molecular formula is C34H39N7O4. The van der Waals surface area contributed by atoms with Crippen molar-refractivity contribution in [2.45, 2.75) is 6.92 Å². The standard InChI is InChI=1S/C34H39N7O4/c1-25(42)36-31-10-9-30(43-3)24-32(31)38(2)33-11-12-35-34(37-33)41(26-7-5-4-6-8-26)29-22-27(39-13-17-44-18-14-39)21-28(23-29)40-15-19-45-20-16-40/h4-12,21-24H,13-20H2,1-3H3,(H,36,42). The number of amides is 1. The number of rotatable bonds is 9. The fraction of sp³-hybridized carbons (Fsp3) is 0.324. The normalized spacial score (nSPS) is 15.0. The number of morpholine rings is 2. The summed E-state index contributed by atoms with van der Waals surface area (Å²) in [5, 5.41) is 2.92. The summed E-state index contributed by atoms with van der Waals surface area (Å²) in [5.74, 6) is 1.67. The van der Waals surface area contributed by atoms with Crippen LogP contribution < -0.4 is 29.7 Å². The van der Waals surface area contributed by atoms with Crippen LogP contribution in [0, 0.1) is 0 Å². The largest absolute Gasteiger partial charge is 0.497 e. The van der Waals surface area contributed by atoms with Crippen LogP contribution in [-0.2, 0) is 14.3 Å². The van der Waals surface area contributed by atoms with Gasteiger partial charge in [0.05, 0.1) is 50.6 Å². The fourth-order valence-electron chi connectivity index (χ4n) is 5.64. The second-order valence-corrected chi connectivity index (χ2v) is 10.9. The SMILES string of the molecule is COc1ccc(NC(C)=O)c(N(C)c2ccnc(N(c3ccccc3)c3cc(N4CCOCC4)cc(N4CCOCC4)c3)n2)c1. The van der Waals surface area contributed by atoms with E-state index in [2.05, 4.69) is 50.3 Å². The third-order valence-corrected chi connectivity index (χ3v) is 7.96. The Labute approximate surface area is 264 Å². The molecule has 0 saturated carbocycles. The molecule has 6 rings (SSSR count). The number of benzene rings is 3. The van der Waals surface area contributed by atoms with E-state index in [1.807, 2.05) is 54.4 Å². The molecule has 2 aliphatic heterocycles. The molecule has 11 heteroatoms. The lowest BCUT2D eigenvalue weighted by molar-refractivity contribution is -0.114. The number of hydrogen-bond donors (Lipinski definition) is 1. The van der Waals surface area contributed by atoms with Crippen molar-refractivity contribution >= 4 is 51.8 Å². The average molecular weight is 610 g/mol. The van der Waals surface area contributed by atoms with E-state index >= 15 is 0 Å². The van der Waals surface area contributed by atoms with Gasteiger partial charge in [-0.15, -0.1) is 0 Å². The van der Waals surface area contributed by atoms with Crippen LogP contribution in [0.3, 0.4) is 0 Å². The molecule has 0 bridgehead atoms. The minimum Gasteiger partial charge on any atom is -0.497 e. The number of nitrogens with one attached hydrogen (secondary N) is 1. The van der Waals surface area contributed by atoms with Crippen LogP contribution in [0.15, 0.2) is 79.0 Å². The number of carbonyl (C=O) groups excluding carboxylic acids is 1. The zero-order valence-corrected chi connectivity index (χ0v) is 26.0. The lowest BCUT2D eigenvalue weighted by Gasteiger charge is -2.34. The number of methoxy groups -OCH3 is 1. The van der Waals surface area contributed by atoms with E-state index in [1.165, 1.54) is 6.92 Å². The molecule has 234 valence electrons. The van der Waals surface area contributed by atoms with E-state index in [0.29, 0.717) is 49.6 Å². The van der Waals surface area contributed by atoms with Gasteiger partial charge in [-0.3, -0.25) is 9.69 Å². The molecule has 1 aromatic heterocycles. The first-order chi connectivity index (χ1) is 22.0. The Morgan fingerprint density at radius 1 is 0.844 bits per heavy atom. The molecule has 11 nitrogen and oxygen atoms in total. The second-order valence-electron chi connectivity index (χ2n) is 10.9. The van der Waals surface area contributed by atoms with Crippen molar-refractivity contribution in [1.82, 2.24) is 9.97 Å². The van der Waals surface area contributed by atoms with Crippen molar-refractivity contribution in [3.05, 3.63) is 79.0 Å². The van der Waals surface area contributed by atoms with Crippen LogP contribution in [0.1, 0.15) is 6.92 Å². The van der Waals surface area contributed by atoms with Gasteiger partial charge in [0.1, 0.15) is 11.6 Å². The van der Waals surface area contributed by atoms with Crippen molar-refractivity contribution < 1.29 is 19.0 Å². The minimum atomic E-state index is -0.162. The maximum absolute atomic E-state index is 12.0. The van der Waals surface area contributed by atoms with Crippen molar-refractivity contribution in [2.75, 3.05) is 91.7 Å². The summed E-state index contributed by atoms with van der Waals surface area (Å²) in [6, 6.07) is 24.2. The quantitative estimate of drug-likeness (QED) is 0.267. The Kier molecular flexibility index (Phi) is 9.27. The van der Waals surface area contributed by atoms with Gasteiger partial charge >= 0.3 is 0 Å². The highest BCUT2D eigenvalue weighted by molar-refractivity contribution is 5.94. The Balaban J connectivity index is 1.45. The Hall–Kier alpha value is -4.87. The number of nitrogens with zero attached hydrogens (tertiary/aromatic N) is 6. The number of aromatic nitrogens is 2. The monoisotopic (exact) mass is 609 g/mol. The first kappa shape index (κ1) is 30.2. The summed E-state index contributed by atoms with van der Waals surface area (Å²) in [7, 11) is 3.53. The van der Waals surface area contributed by atoms with E-state index in [4.69, 9.17) is 24.2 Å². The second kappa shape index (κ2) is 13.8. The Morgan fingerprint density at radius 3 is 2.09 bits per heavy atom. The Morgan fingerprint density at radius 2 is 1.49 bits per heavy atom. The van der Waals surface area contributed by atoms with Gasteiger partial charge in [0.15, 0.2) is 0 Å². The minimum absolute atomic E-state index is 0.162. The third kappa shape index (κ3) is 6.95. The van der Waals surface area contributed by atoms with Gasteiger partial charge in [0.25, 0.3) is 0 Å². The first-order valence-corrected chi connectivity index (χ1v) is 15.2. The van der Waals surface area contributed by atoms with Gasteiger partial charge in [0.2, 0.25) is 11.9 Å². The molecular weight excluding hydrogens is 570 g/mol. The Bertz CT molecular complexity index is 1570. The average Bonchev–Trinajstić information content (AvgIpc) is 3.09. The molecule has 4 aromatic rings. The highest BCUT2D eigenvalue weighted by Crippen LogP contribution is 2.39. The molecule has 45 heavy (non-hydrogen) atoms. The predicted octanol–water partition coefficient (Wildman–Crippen LogP) is 5.35. The number of carbonyl (C=O) groups is 1. The lowest BCUT2D eigenvalue weighted by Crippen LogP contribution is -2.38. The van der Waals surface area contributed by atoms with E-state index < -0.39 is 0 Å². The number of ether oxygens (including phenoxy) is 3. The van der Waals surface area contributed by atoms with Gasteiger partial charge in [-0.05, 0) is 48.5 Å². The third-order valence-electron chi connectivity index (χ3n) is 7.96. The molecule has 0 radical (unpaired) electrons. The van der Waals surface area contributed by atoms with Gasteiger partial charge in [-0.1, -0.05) is 18.2 Å². The van der Waals surface area contributed by atoms with Gasteiger partial charge in [-0.2, -0.15) is 4.98 Å². The summed E-state index contributed by atoms with van der Waals surface area (Å²) < 4.78 is 16.8. The van der Waals surface area contributed by atoms with E-state index in [0.717, 1.165) is 54.6 Å². The molecule has 1 N–H and O–H groups in total. The van der Waals surface area contributed by atoms with E-state index in [1.54, 1.807) is 13.3 Å². The summed E-state index contributed by atoms with van der Waals surface area (Å²) in [6.07, 6.45) is 1.76. The zero-order chi connectivity index (χ0) is 31.2. The van der Waals surface area contributed by atoms with Crippen LogP contribution in [-0.4, -0.2) is 82.6 Å². The molecule has 2 fully saturated rings. The molecule has 2 aliphatic rings. The summed E-state index contributed by atoms with van der Waals surface area (Å²) in [5.41, 5.74) is 5.53. The molecule has 2 saturated heterocycles. The van der Waals surface area contributed by atoms with Gasteiger partial charge in [-0.25, -0.2) is 4.98 Å². The summed E-state index contributed by atoms with van der Waals surface area (Å²) >= 11 is 0. The van der Waals surface area contributed by atoms with E-state index in [9.17, 15) is 4.79 Å². The van der Waals surface area contributed by atoms with Crippen molar-refractivity contribution in [1.29, 1.82) is 0 Å². The van der Waals surface area contributed by atoms with Crippen LogP contribution in [0.25, 0.3) is 0 Å². The highest BCUT2D eigenvalue weighted by atomic mass is 16.5. The molecule has 3 heterocycles. The van der Waals surface area contributed by atoms with Gasteiger partial charge < -0.3 is 34.2 Å². The van der Waals surface area contributed by atoms with Crippen molar-refractivity contribution in [3.8, 4) is 5.75 Å². The lowest BCUT2D eigenvalue weighted by atomic mass is 10.1. The highest BCUT2D eigenvalue weighted by Gasteiger charge is 2.23. The molecule has 1 amide bonds. The topological polar surface area (TPSA) is 95.5 Å². The molecule has 0 atom stereocenters. The zero-order valence-electron chi connectivity index (χ0n) is 26.0. The van der Waals surface area contributed by atoms with Crippen LogP contribution in [0.4, 0.5) is 45.9 Å². The molecule has 0 unspecified atom stereocenters. The first-order valence-electron chi connectivity index (χ1n) is 15.2. The summed E-state index contributed by atoms with van der Waals surface area (Å²) in [6.45, 7) is 7.57. The predicted molar refractivity (Wildman–Crippen MR) is 178 cm³/mol. The van der Waals surface area contributed by atoms with E-state index in [-0.39, 0.29) is 5.91 Å². The summed E-state index contributed by atoms with van der Waals surface area (Å²) in [4.78, 5) is 30.6. The number of hydrogen-bond acceptors (Lipinski definition) is 10. The fourth-order valence-corrected chi connectivity index (χ4v) is 5.64. The van der Waals surface area contributed by atoms with Crippen LogP contribution in [0.5, 0.6) is 5.75 Å². The maximum atomic E-state index is 12.0.